The summed E-state index contributed by atoms with van der Waals surface area (Å²) in [5.41, 5.74) is 0.519. The van der Waals surface area contributed by atoms with Gasteiger partial charge >= 0.3 is 5.97 Å². The molecule has 1 aromatic heterocycles. The first-order valence-electron chi connectivity index (χ1n) is 6.43. The molecule has 1 aromatic rings. The number of aromatic nitrogens is 1. The third-order valence-electron chi connectivity index (χ3n) is 2.98. The van der Waals surface area contributed by atoms with Gasteiger partial charge in [0.2, 0.25) is 0 Å². The Kier molecular flexibility index (Phi) is 4.70. The normalized spacial score (nSPS) is 14.7. The Morgan fingerprint density at radius 3 is 2.70 bits per heavy atom. The highest BCUT2D eigenvalue weighted by molar-refractivity contribution is 5.84. The summed E-state index contributed by atoms with van der Waals surface area (Å²) in [5, 5.41) is 8.50. The van der Waals surface area contributed by atoms with E-state index in [4.69, 9.17) is 9.84 Å². The van der Waals surface area contributed by atoms with Gasteiger partial charge < -0.3 is 14.7 Å². The van der Waals surface area contributed by atoms with E-state index in [9.17, 15) is 9.59 Å². The number of amides is 1. The van der Waals surface area contributed by atoms with Crippen LogP contribution in [0.1, 0.15) is 18.5 Å². The number of carboxylic acids is 1. The minimum Gasteiger partial charge on any atom is -0.482 e. The van der Waals surface area contributed by atoms with Crippen molar-refractivity contribution in [1.29, 1.82) is 0 Å². The number of rotatable bonds is 5. The van der Waals surface area contributed by atoms with Gasteiger partial charge in [-0.1, -0.05) is 0 Å². The summed E-state index contributed by atoms with van der Waals surface area (Å²) in [4.78, 5) is 27.9. The van der Waals surface area contributed by atoms with Crippen molar-refractivity contribution in [2.75, 3.05) is 19.7 Å². The largest absolute Gasteiger partial charge is 0.482 e. The molecule has 0 aliphatic carbocycles. The molecule has 0 saturated carbocycles. The van der Waals surface area contributed by atoms with Gasteiger partial charge in [0, 0.05) is 19.2 Å². The van der Waals surface area contributed by atoms with Crippen LogP contribution in [-0.4, -0.2) is 46.6 Å². The van der Waals surface area contributed by atoms with Crippen molar-refractivity contribution < 1.29 is 19.4 Å². The second-order valence-electron chi connectivity index (χ2n) is 4.47. The first kappa shape index (κ1) is 14.0. The molecule has 6 nitrogen and oxygen atoms in total. The van der Waals surface area contributed by atoms with Crippen LogP contribution >= 0.6 is 0 Å². The molecule has 20 heavy (non-hydrogen) atoms. The predicted octanol–water partition coefficient (Wildman–Crippen LogP) is 1.18. The van der Waals surface area contributed by atoms with Gasteiger partial charge in [0.25, 0.3) is 5.91 Å². The zero-order chi connectivity index (χ0) is 14.4. The van der Waals surface area contributed by atoms with Gasteiger partial charge in [-0.2, -0.15) is 0 Å². The second kappa shape index (κ2) is 6.70. The molecule has 0 radical (unpaired) electrons. The number of aliphatic carboxylic acids is 1. The Bertz CT molecular complexity index is 504. The minimum atomic E-state index is -1.02. The van der Waals surface area contributed by atoms with E-state index in [-0.39, 0.29) is 12.5 Å². The van der Waals surface area contributed by atoms with Crippen LogP contribution in [0.5, 0.6) is 5.75 Å². The van der Waals surface area contributed by atoms with Crippen molar-refractivity contribution in [3.05, 3.63) is 30.1 Å². The zero-order valence-corrected chi connectivity index (χ0v) is 11.0. The maximum absolute atomic E-state index is 11.8. The number of ether oxygens (including phenoxy) is 1. The molecule has 1 saturated heterocycles. The van der Waals surface area contributed by atoms with Crippen molar-refractivity contribution in [2.24, 2.45) is 0 Å². The minimum absolute atomic E-state index is 0.00594. The van der Waals surface area contributed by atoms with Gasteiger partial charge in [0.1, 0.15) is 5.75 Å². The molecule has 1 N–H and O–H groups in total. The molecule has 106 valence electrons. The quantitative estimate of drug-likeness (QED) is 0.817. The number of carbonyl (C=O) groups is 2. The van der Waals surface area contributed by atoms with Crippen LogP contribution in [0.2, 0.25) is 0 Å². The lowest BCUT2D eigenvalue weighted by Gasteiger charge is -2.15. The molecule has 0 unspecified atom stereocenters. The van der Waals surface area contributed by atoms with Crippen molar-refractivity contribution >= 4 is 18.0 Å². The number of nitrogens with zero attached hydrogens (tertiary/aromatic N) is 2. The molecule has 0 spiro atoms. The maximum atomic E-state index is 11.8. The SMILES string of the molecule is O=C(O)C=Cc1ccc(OCC(=O)N2CCCC2)cn1. The van der Waals surface area contributed by atoms with Gasteiger partial charge in [-0.05, 0) is 31.1 Å². The average molecular weight is 276 g/mol. The summed E-state index contributed by atoms with van der Waals surface area (Å²) in [7, 11) is 0. The highest BCUT2D eigenvalue weighted by Gasteiger charge is 2.17. The van der Waals surface area contributed by atoms with Crippen molar-refractivity contribution in [1.82, 2.24) is 9.88 Å². The predicted molar refractivity (Wildman–Crippen MR) is 72.2 cm³/mol. The van der Waals surface area contributed by atoms with Gasteiger partial charge in [0.05, 0.1) is 11.9 Å². The van der Waals surface area contributed by atoms with E-state index in [1.165, 1.54) is 12.3 Å². The van der Waals surface area contributed by atoms with E-state index in [1.54, 1.807) is 17.0 Å². The number of carbonyl (C=O) groups excluding carboxylic acids is 1. The molecule has 1 aliphatic heterocycles. The molecule has 6 heteroatoms. The topological polar surface area (TPSA) is 79.7 Å². The standard InChI is InChI=1S/C14H16N2O4/c17-13(16-7-1-2-8-16)10-20-12-5-3-11(15-9-12)4-6-14(18)19/h3-6,9H,1-2,7-8,10H2,(H,18,19). The van der Waals surface area contributed by atoms with Crippen LogP contribution in [0.3, 0.4) is 0 Å². The van der Waals surface area contributed by atoms with Crippen molar-refractivity contribution in [3.8, 4) is 5.75 Å². The molecule has 0 aromatic carbocycles. The van der Waals surface area contributed by atoms with Crippen LogP contribution in [0.15, 0.2) is 24.4 Å². The van der Waals surface area contributed by atoms with Gasteiger partial charge in [0.15, 0.2) is 6.61 Å². The molecular weight excluding hydrogens is 260 g/mol. The summed E-state index contributed by atoms with van der Waals surface area (Å²) in [6.45, 7) is 1.62. The molecule has 0 atom stereocenters. The van der Waals surface area contributed by atoms with E-state index in [1.807, 2.05) is 0 Å². The van der Waals surface area contributed by atoms with Gasteiger partial charge in [-0.25, -0.2) is 4.79 Å². The fraction of sp³-hybridized carbons (Fsp3) is 0.357. The summed E-state index contributed by atoms with van der Waals surface area (Å²) in [5.74, 6) is -0.550. The number of carboxylic acid groups (broad SMARTS) is 1. The third-order valence-corrected chi connectivity index (χ3v) is 2.98. The van der Waals surface area contributed by atoms with Gasteiger partial charge in [-0.15, -0.1) is 0 Å². The summed E-state index contributed by atoms with van der Waals surface area (Å²) >= 11 is 0. The Hall–Kier alpha value is -2.37. The Balaban J connectivity index is 1.84. The van der Waals surface area contributed by atoms with E-state index < -0.39 is 5.97 Å². The lowest BCUT2D eigenvalue weighted by Crippen LogP contribution is -2.32. The van der Waals surface area contributed by atoms with Crippen LogP contribution in [0, 0.1) is 0 Å². The Labute approximate surface area is 116 Å². The first-order valence-corrected chi connectivity index (χ1v) is 6.43. The third kappa shape index (κ3) is 4.08. The van der Waals surface area contributed by atoms with Crippen LogP contribution < -0.4 is 4.74 Å². The van der Waals surface area contributed by atoms with E-state index >= 15 is 0 Å². The molecule has 2 rings (SSSR count). The van der Waals surface area contributed by atoms with Crippen LogP contribution in [0.4, 0.5) is 0 Å². The zero-order valence-electron chi connectivity index (χ0n) is 11.0. The molecule has 0 bridgehead atoms. The Morgan fingerprint density at radius 2 is 2.10 bits per heavy atom. The number of hydrogen-bond acceptors (Lipinski definition) is 4. The highest BCUT2D eigenvalue weighted by atomic mass is 16.5. The lowest BCUT2D eigenvalue weighted by atomic mass is 10.3. The Morgan fingerprint density at radius 1 is 1.35 bits per heavy atom. The lowest BCUT2D eigenvalue weighted by molar-refractivity contribution is -0.132. The monoisotopic (exact) mass is 276 g/mol. The van der Waals surface area contributed by atoms with Crippen molar-refractivity contribution in [2.45, 2.75) is 12.8 Å². The van der Waals surface area contributed by atoms with E-state index in [2.05, 4.69) is 4.98 Å². The molecule has 1 aliphatic rings. The van der Waals surface area contributed by atoms with E-state index in [0.717, 1.165) is 32.0 Å². The fourth-order valence-electron chi connectivity index (χ4n) is 1.94. The number of likely N-dealkylation sites (tertiary alicyclic amines) is 1. The smallest absolute Gasteiger partial charge is 0.328 e. The number of hydrogen-bond donors (Lipinski definition) is 1. The second-order valence-corrected chi connectivity index (χ2v) is 4.47. The maximum Gasteiger partial charge on any atom is 0.328 e. The summed E-state index contributed by atoms with van der Waals surface area (Å²) < 4.78 is 5.37. The average Bonchev–Trinajstić information content (AvgIpc) is 2.98. The molecular formula is C14H16N2O4. The van der Waals surface area contributed by atoms with Gasteiger partial charge in [-0.3, -0.25) is 9.78 Å². The van der Waals surface area contributed by atoms with Crippen LogP contribution in [-0.2, 0) is 9.59 Å². The van der Waals surface area contributed by atoms with E-state index in [0.29, 0.717) is 11.4 Å². The molecule has 2 heterocycles. The fourth-order valence-corrected chi connectivity index (χ4v) is 1.94. The summed E-state index contributed by atoms with van der Waals surface area (Å²) in [6, 6.07) is 3.29. The first-order chi connectivity index (χ1) is 9.65. The molecule has 1 amide bonds. The molecule has 1 fully saturated rings. The van der Waals surface area contributed by atoms with Crippen LogP contribution in [0.25, 0.3) is 6.08 Å². The van der Waals surface area contributed by atoms with Crippen molar-refractivity contribution in [3.63, 3.8) is 0 Å². The number of pyridine rings is 1. The highest BCUT2D eigenvalue weighted by Crippen LogP contribution is 2.12. The summed E-state index contributed by atoms with van der Waals surface area (Å²) in [6.07, 6.45) is 5.98.